The zero-order valence-electron chi connectivity index (χ0n) is 21.5. The summed E-state index contributed by atoms with van der Waals surface area (Å²) in [5.41, 5.74) is 3.92. The quantitative estimate of drug-likeness (QED) is 0.198. The molecular weight excluding hydrogens is 533 g/mol. The maximum Gasteiger partial charge on any atom is 0.328 e. The highest BCUT2D eigenvalue weighted by Gasteiger charge is 2.24. The topological polar surface area (TPSA) is 77.8 Å². The van der Waals surface area contributed by atoms with E-state index >= 15 is 0 Å². The Labute approximate surface area is 235 Å². The summed E-state index contributed by atoms with van der Waals surface area (Å²) in [6.07, 6.45) is 0.198. The molecule has 0 aliphatic rings. The van der Waals surface area contributed by atoms with Gasteiger partial charge in [0.25, 0.3) is 5.91 Å². The molecule has 0 aliphatic heterocycles. The molecule has 1 N–H and O–H groups in total. The summed E-state index contributed by atoms with van der Waals surface area (Å²) < 4.78 is 29.9. The van der Waals surface area contributed by atoms with Crippen molar-refractivity contribution in [2.45, 2.75) is 19.1 Å². The lowest BCUT2D eigenvalue weighted by Crippen LogP contribution is -2.42. The zero-order chi connectivity index (χ0) is 28.1. The second-order valence-electron chi connectivity index (χ2n) is 9.19. The fraction of sp³-hybridized carbons (Fsp3) is 0.125. The predicted molar refractivity (Wildman–Crippen MR) is 151 cm³/mol. The molecule has 1 aromatic heterocycles. The van der Waals surface area contributed by atoms with E-state index in [2.05, 4.69) is 5.32 Å². The van der Waals surface area contributed by atoms with Crippen LogP contribution in [-0.2, 0) is 22.6 Å². The monoisotopic (exact) mass is 557 g/mol. The minimum Gasteiger partial charge on any atom is -0.489 e. The van der Waals surface area contributed by atoms with Crippen molar-refractivity contribution in [1.82, 2.24) is 5.32 Å². The van der Waals surface area contributed by atoms with E-state index in [0.717, 1.165) is 22.1 Å². The second kappa shape index (κ2) is 12.1. The van der Waals surface area contributed by atoms with Crippen LogP contribution in [0.25, 0.3) is 22.1 Å². The number of rotatable bonds is 9. The number of carbonyl (C=O) groups excluding carboxylic acids is 2. The lowest BCUT2D eigenvalue weighted by Gasteiger charge is -2.16. The molecule has 0 unspecified atom stereocenters. The summed E-state index contributed by atoms with van der Waals surface area (Å²) >= 11 is 5.99. The van der Waals surface area contributed by atoms with Crippen LogP contribution in [0.2, 0.25) is 5.02 Å². The van der Waals surface area contributed by atoms with E-state index in [1.807, 2.05) is 42.5 Å². The molecule has 1 atom stereocenters. The molecule has 40 heavy (non-hydrogen) atoms. The molecule has 0 saturated heterocycles. The highest BCUT2D eigenvalue weighted by atomic mass is 35.5. The van der Waals surface area contributed by atoms with Crippen LogP contribution in [0.5, 0.6) is 5.75 Å². The Bertz CT molecular complexity index is 1650. The first-order valence-electron chi connectivity index (χ1n) is 12.5. The SMILES string of the molecule is COC(=O)[C@H](Cc1ccc(OCc2cccc(F)c2)cc1)NC(=O)c1cc2ccc(-c3ccc(Cl)cc3)cc2o1. The first kappa shape index (κ1) is 27.0. The number of nitrogens with one attached hydrogen (secondary N) is 1. The van der Waals surface area contributed by atoms with Crippen molar-refractivity contribution in [3.05, 3.63) is 125 Å². The van der Waals surface area contributed by atoms with Gasteiger partial charge in [0, 0.05) is 16.8 Å². The third-order valence-electron chi connectivity index (χ3n) is 6.37. The van der Waals surface area contributed by atoms with E-state index in [4.69, 9.17) is 25.5 Å². The highest BCUT2D eigenvalue weighted by Crippen LogP contribution is 2.28. The van der Waals surface area contributed by atoms with Gasteiger partial charge in [0.2, 0.25) is 0 Å². The number of methoxy groups -OCH3 is 1. The molecule has 1 amide bonds. The van der Waals surface area contributed by atoms with E-state index in [-0.39, 0.29) is 24.6 Å². The zero-order valence-corrected chi connectivity index (χ0v) is 22.3. The fourth-order valence-corrected chi connectivity index (χ4v) is 4.41. The minimum atomic E-state index is -0.936. The molecule has 8 heteroatoms. The van der Waals surface area contributed by atoms with Crippen LogP contribution in [0.4, 0.5) is 4.39 Å². The average Bonchev–Trinajstić information content (AvgIpc) is 3.40. The number of hydrogen-bond donors (Lipinski definition) is 1. The van der Waals surface area contributed by atoms with Gasteiger partial charge < -0.3 is 19.2 Å². The van der Waals surface area contributed by atoms with Crippen molar-refractivity contribution in [3.63, 3.8) is 0 Å². The Morgan fingerprint density at radius 1 is 0.900 bits per heavy atom. The highest BCUT2D eigenvalue weighted by molar-refractivity contribution is 6.30. The molecule has 1 heterocycles. The molecule has 202 valence electrons. The van der Waals surface area contributed by atoms with Gasteiger partial charge in [-0.15, -0.1) is 0 Å². The van der Waals surface area contributed by atoms with Crippen molar-refractivity contribution in [2.24, 2.45) is 0 Å². The number of furan rings is 1. The van der Waals surface area contributed by atoms with E-state index in [1.54, 1.807) is 42.5 Å². The van der Waals surface area contributed by atoms with Crippen LogP contribution in [0.3, 0.4) is 0 Å². The Hall–Kier alpha value is -4.62. The molecule has 6 nitrogen and oxygen atoms in total. The van der Waals surface area contributed by atoms with Gasteiger partial charge in [-0.05, 0) is 70.8 Å². The van der Waals surface area contributed by atoms with Gasteiger partial charge in [0.05, 0.1) is 7.11 Å². The number of esters is 1. The second-order valence-corrected chi connectivity index (χ2v) is 9.62. The molecule has 0 bridgehead atoms. The minimum absolute atomic E-state index is 0.0817. The van der Waals surface area contributed by atoms with E-state index < -0.39 is 17.9 Å². The molecule has 5 rings (SSSR count). The van der Waals surface area contributed by atoms with Crippen molar-refractivity contribution in [2.75, 3.05) is 7.11 Å². The Morgan fingerprint density at radius 2 is 1.65 bits per heavy atom. The standard InChI is InChI=1S/C32H25ClFNO5/c1-38-32(37)28(16-20-5-13-27(14-6-20)39-19-21-3-2-4-26(34)15-21)35-31(36)30-18-24-8-7-23(17-29(24)40-30)22-9-11-25(33)12-10-22/h2-15,17-18,28H,16,19H2,1H3,(H,35,36)/t28-/m0/s1. The lowest BCUT2D eigenvalue weighted by molar-refractivity contribution is -0.142. The Kier molecular flexibility index (Phi) is 8.12. The summed E-state index contributed by atoms with van der Waals surface area (Å²) in [6.45, 7) is 0.219. The largest absolute Gasteiger partial charge is 0.489 e. The van der Waals surface area contributed by atoms with E-state index in [1.165, 1.54) is 19.2 Å². The van der Waals surface area contributed by atoms with Crippen molar-refractivity contribution < 1.29 is 27.9 Å². The summed E-state index contributed by atoms with van der Waals surface area (Å²) in [5, 5.41) is 4.13. The van der Waals surface area contributed by atoms with Gasteiger partial charge in [-0.3, -0.25) is 4.79 Å². The maximum absolute atomic E-state index is 13.4. The summed E-state index contributed by atoms with van der Waals surface area (Å²) in [4.78, 5) is 25.6. The van der Waals surface area contributed by atoms with E-state index in [0.29, 0.717) is 21.9 Å². The number of benzene rings is 4. The van der Waals surface area contributed by atoms with Crippen molar-refractivity contribution in [3.8, 4) is 16.9 Å². The van der Waals surface area contributed by atoms with Gasteiger partial charge in [0.1, 0.15) is 29.8 Å². The van der Waals surface area contributed by atoms with Crippen LogP contribution in [0, 0.1) is 5.82 Å². The third kappa shape index (κ3) is 6.50. The fourth-order valence-electron chi connectivity index (χ4n) is 4.28. The van der Waals surface area contributed by atoms with Crippen LogP contribution in [0.1, 0.15) is 21.7 Å². The Balaban J connectivity index is 1.25. The summed E-state index contributed by atoms with van der Waals surface area (Å²) in [5.74, 6) is -0.765. The Morgan fingerprint density at radius 3 is 2.38 bits per heavy atom. The molecule has 0 radical (unpaired) electrons. The summed E-state index contributed by atoms with van der Waals surface area (Å²) in [6, 6.07) is 27.1. The number of hydrogen-bond acceptors (Lipinski definition) is 5. The van der Waals surface area contributed by atoms with Crippen LogP contribution in [0.15, 0.2) is 101 Å². The van der Waals surface area contributed by atoms with Gasteiger partial charge in [-0.25, -0.2) is 9.18 Å². The lowest BCUT2D eigenvalue weighted by atomic mass is 10.0. The first-order chi connectivity index (χ1) is 19.4. The number of fused-ring (bicyclic) bond motifs is 1. The van der Waals surface area contributed by atoms with Crippen LogP contribution >= 0.6 is 11.6 Å². The predicted octanol–water partition coefficient (Wildman–Crippen LogP) is 6.99. The number of ether oxygens (including phenoxy) is 2. The van der Waals surface area contributed by atoms with Gasteiger partial charge >= 0.3 is 5.97 Å². The molecule has 0 saturated carbocycles. The molecule has 0 fully saturated rings. The smallest absolute Gasteiger partial charge is 0.328 e. The maximum atomic E-state index is 13.4. The molecule has 5 aromatic rings. The number of halogens is 2. The van der Waals surface area contributed by atoms with Crippen molar-refractivity contribution in [1.29, 1.82) is 0 Å². The van der Waals surface area contributed by atoms with Crippen LogP contribution < -0.4 is 10.1 Å². The van der Waals surface area contributed by atoms with Gasteiger partial charge in [-0.2, -0.15) is 0 Å². The molecule has 0 spiro atoms. The average molecular weight is 558 g/mol. The number of amides is 1. The van der Waals surface area contributed by atoms with Crippen molar-refractivity contribution >= 4 is 34.4 Å². The van der Waals surface area contributed by atoms with Crippen LogP contribution in [-0.4, -0.2) is 25.0 Å². The molecular formula is C32H25ClFNO5. The molecule has 4 aromatic carbocycles. The molecule has 0 aliphatic carbocycles. The van der Waals surface area contributed by atoms with E-state index in [9.17, 15) is 14.0 Å². The third-order valence-corrected chi connectivity index (χ3v) is 6.62. The van der Waals surface area contributed by atoms with Gasteiger partial charge in [-0.1, -0.05) is 60.1 Å². The van der Waals surface area contributed by atoms with Gasteiger partial charge in [0.15, 0.2) is 5.76 Å². The number of carbonyl (C=O) groups is 2. The first-order valence-corrected chi connectivity index (χ1v) is 12.9. The normalized spacial score (nSPS) is 11.7. The summed E-state index contributed by atoms with van der Waals surface area (Å²) in [7, 11) is 1.27.